The van der Waals surface area contributed by atoms with Gasteiger partial charge in [0.2, 0.25) is 11.8 Å². The lowest BCUT2D eigenvalue weighted by molar-refractivity contribution is -0.134. The highest BCUT2D eigenvalue weighted by molar-refractivity contribution is 8.14. The van der Waals surface area contributed by atoms with Crippen LogP contribution in [0, 0.1) is 5.92 Å². The van der Waals surface area contributed by atoms with E-state index in [1.165, 1.54) is 0 Å². The molecule has 2 N–H and O–H groups in total. The van der Waals surface area contributed by atoms with Crippen molar-refractivity contribution in [3.63, 3.8) is 0 Å². The van der Waals surface area contributed by atoms with Crippen LogP contribution in [0.25, 0.3) is 0 Å². The molecule has 0 aromatic carbocycles. The second kappa shape index (κ2) is 5.08. The minimum atomic E-state index is -0.315. The lowest BCUT2D eigenvalue weighted by Gasteiger charge is -2.22. The summed E-state index contributed by atoms with van der Waals surface area (Å²) in [7, 11) is 0. The Morgan fingerprint density at radius 2 is 2.24 bits per heavy atom. The number of amides is 2. The van der Waals surface area contributed by atoms with Crippen LogP contribution in [0.3, 0.4) is 0 Å². The molecule has 94 valence electrons. The quantitative estimate of drug-likeness (QED) is 0.705. The first kappa shape index (κ1) is 12.4. The van der Waals surface area contributed by atoms with Crippen LogP contribution in [0.1, 0.15) is 26.7 Å². The van der Waals surface area contributed by atoms with Gasteiger partial charge in [-0.3, -0.25) is 19.9 Å². The number of carbonyl (C=O) groups is 2. The summed E-state index contributed by atoms with van der Waals surface area (Å²) >= 11 is 1.69. The van der Waals surface area contributed by atoms with Gasteiger partial charge >= 0.3 is 0 Å². The molecule has 0 bridgehead atoms. The fourth-order valence-corrected chi connectivity index (χ4v) is 2.87. The largest absolute Gasteiger partial charge is 0.353 e. The van der Waals surface area contributed by atoms with Crippen LogP contribution >= 0.6 is 11.8 Å². The summed E-state index contributed by atoms with van der Waals surface area (Å²) in [4.78, 5) is 26.9. The molecule has 17 heavy (non-hydrogen) atoms. The Morgan fingerprint density at radius 3 is 2.82 bits per heavy atom. The van der Waals surface area contributed by atoms with Crippen molar-refractivity contribution in [3.8, 4) is 0 Å². The molecular formula is C11H17N3O2S. The van der Waals surface area contributed by atoms with Gasteiger partial charge in [-0.25, -0.2) is 0 Å². The fraction of sp³-hybridized carbons (Fsp3) is 0.727. The van der Waals surface area contributed by atoms with Crippen LogP contribution in [-0.2, 0) is 9.59 Å². The van der Waals surface area contributed by atoms with E-state index in [-0.39, 0.29) is 17.9 Å². The van der Waals surface area contributed by atoms with E-state index < -0.39 is 0 Å². The first-order valence-corrected chi connectivity index (χ1v) is 6.75. The average molecular weight is 255 g/mol. The summed E-state index contributed by atoms with van der Waals surface area (Å²) in [6.07, 6.45) is 0.950. The van der Waals surface area contributed by atoms with Crippen molar-refractivity contribution in [2.45, 2.75) is 38.0 Å². The summed E-state index contributed by atoms with van der Waals surface area (Å²) < 4.78 is 0. The minimum absolute atomic E-state index is 0.186. The SMILES string of the molecule is CC(C)C1CN=C(NC2CCC(=O)NC2=O)S1. The van der Waals surface area contributed by atoms with E-state index in [9.17, 15) is 9.59 Å². The van der Waals surface area contributed by atoms with E-state index in [0.29, 0.717) is 24.0 Å². The predicted octanol–water partition coefficient (Wildman–Crippen LogP) is 0.509. The number of thioether (sulfide) groups is 1. The van der Waals surface area contributed by atoms with Gasteiger partial charge in [0.15, 0.2) is 5.17 Å². The topological polar surface area (TPSA) is 70.6 Å². The highest BCUT2D eigenvalue weighted by Gasteiger charge is 2.30. The third-order valence-electron chi connectivity index (χ3n) is 2.96. The molecule has 2 unspecified atom stereocenters. The summed E-state index contributed by atoms with van der Waals surface area (Å²) in [6, 6.07) is -0.315. The standard InChI is InChI=1S/C11H17N3O2S/c1-6(2)8-5-12-11(17-8)13-7-3-4-9(15)14-10(7)16/h6-8H,3-5H2,1-2H3,(H,12,13)(H,14,15,16). The Morgan fingerprint density at radius 1 is 1.47 bits per heavy atom. The number of hydrogen-bond donors (Lipinski definition) is 2. The van der Waals surface area contributed by atoms with E-state index in [1.54, 1.807) is 11.8 Å². The number of piperidine rings is 1. The van der Waals surface area contributed by atoms with Crippen molar-refractivity contribution in [1.29, 1.82) is 0 Å². The normalized spacial score (nSPS) is 29.2. The molecule has 2 amide bonds. The maximum absolute atomic E-state index is 11.5. The zero-order valence-electron chi connectivity index (χ0n) is 10.0. The van der Waals surface area contributed by atoms with E-state index in [1.807, 2.05) is 0 Å². The van der Waals surface area contributed by atoms with Crippen molar-refractivity contribution in [2.75, 3.05) is 6.54 Å². The molecule has 0 aliphatic carbocycles. The molecule has 1 saturated heterocycles. The Kier molecular flexibility index (Phi) is 3.71. The third kappa shape index (κ3) is 3.00. The van der Waals surface area contributed by atoms with Crippen LogP contribution in [0.4, 0.5) is 0 Å². The molecule has 2 heterocycles. The molecule has 5 nitrogen and oxygen atoms in total. The smallest absolute Gasteiger partial charge is 0.249 e. The van der Waals surface area contributed by atoms with E-state index in [0.717, 1.165) is 11.7 Å². The second-order valence-electron chi connectivity index (χ2n) is 4.69. The van der Waals surface area contributed by atoms with Crippen molar-refractivity contribution >= 4 is 28.7 Å². The van der Waals surface area contributed by atoms with Gasteiger partial charge < -0.3 is 5.32 Å². The number of nitrogens with zero attached hydrogens (tertiary/aromatic N) is 1. The molecule has 2 atom stereocenters. The Balaban J connectivity index is 1.86. The maximum atomic E-state index is 11.5. The number of imide groups is 1. The van der Waals surface area contributed by atoms with Gasteiger partial charge in [0, 0.05) is 11.7 Å². The van der Waals surface area contributed by atoms with E-state index in [4.69, 9.17) is 0 Å². The van der Waals surface area contributed by atoms with Crippen LogP contribution in [0.5, 0.6) is 0 Å². The third-order valence-corrected chi connectivity index (χ3v) is 4.42. The number of nitrogens with one attached hydrogen (secondary N) is 2. The molecule has 2 rings (SSSR count). The van der Waals surface area contributed by atoms with E-state index >= 15 is 0 Å². The first-order valence-electron chi connectivity index (χ1n) is 5.87. The zero-order chi connectivity index (χ0) is 12.4. The Labute approximate surface area is 105 Å². The van der Waals surface area contributed by atoms with Crippen molar-refractivity contribution in [3.05, 3.63) is 0 Å². The Bertz CT molecular complexity index is 368. The summed E-state index contributed by atoms with van der Waals surface area (Å²) in [5.74, 6) is 0.150. The maximum Gasteiger partial charge on any atom is 0.249 e. The van der Waals surface area contributed by atoms with Gasteiger partial charge in [-0.15, -0.1) is 0 Å². The van der Waals surface area contributed by atoms with Crippen molar-refractivity contribution in [2.24, 2.45) is 10.9 Å². The molecule has 0 aromatic heterocycles. The molecular weight excluding hydrogens is 238 g/mol. The van der Waals surface area contributed by atoms with Gasteiger partial charge in [-0.2, -0.15) is 0 Å². The molecule has 0 saturated carbocycles. The average Bonchev–Trinajstić information content (AvgIpc) is 2.71. The molecule has 2 aliphatic heterocycles. The number of rotatable bonds is 2. The summed E-state index contributed by atoms with van der Waals surface area (Å²) in [5, 5.41) is 6.78. The summed E-state index contributed by atoms with van der Waals surface area (Å²) in [6.45, 7) is 5.14. The Hall–Kier alpha value is -1.04. The van der Waals surface area contributed by atoms with Crippen LogP contribution in [-0.4, -0.2) is 34.8 Å². The van der Waals surface area contributed by atoms with Crippen molar-refractivity contribution < 1.29 is 9.59 Å². The lowest BCUT2D eigenvalue weighted by Crippen LogP contribution is -2.51. The number of carbonyl (C=O) groups excluding carboxylic acids is 2. The predicted molar refractivity (Wildman–Crippen MR) is 67.8 cm³/mol. The molecule has 0 spiro atoms. The molecule has 0 aromatic rings. The highest BCUT2D eigenvalue weighted by atomic mass is 32.2. The zero-order valence-corrected chi connectivity index (χ0v) is 10.8. The van der Waals surface area contributed by atoms with Gasteiger partial charge in [-0.05, 0) is 12.3 Å². The second-order valence-corrected chi connectivity index (χ2v) is 5.92. The van der Waals surface area contributed by atoms with Gasteiger partial charge in [-0.1, -0.05) is 25.6 Å². The van der Waals surface area contributed by atoms with Gasteiger partial charge in [0.1, 0.15) is 6.04 Å². The van der Waals surface area contributed by atoms with Crippen LogP contribution in [0.2, 0.25) is 0 Å². The molecule has 6 heteroatoms. The monoisotopic (exact) mass is 255 g/mol. The van der Waals surface area contributed by atoms with Gasteiger partial charge in [0.25, 0.3) is 0 Å². The van der Waals surface area contributed by atoms with Crippen LogP contribution < -0.4 is 10.6 Å². The molecule has 0 radical (unpaired) electrons. The van der Waals surface area contributed by atoms with Crippen molar-refractivity contribution in [1.82, 2.24) is 10.6 Å². The van der Waals surface area contributed by atoms with E-state index in [2.05, 4.69) is 29.5 Å². The minimum Gasteiger partial charge on any atom is -0.353 e. The highest BCUT2D eigenvalue weighted by Crippen LogP contribution is 2.26. The molecule has 1 fully saturated rings. The lowest BCUT2D eigenvalue weighted by atomic mass is 10.1. The summed E-state index contributed by atoms with van der Waals surface area (Å²) in [5.41, 5.74) is 0. The van der Waals surface area contributed by atoms with Crippen LogP contribution in [0.15, 0.2) is 4.99 Å². The number of aliphatic imine (C=N–C) groups is 1. The first-order chi connectivity index (χ1) is 8.06. The molecule has 2 aliphatic rings. The fourth-order valence-electron chi connectivity index (χ4n) is 1.80. The number of amidine groups is 1. The number of hydrogen-bond acceptors (Lipinski definition) is 5. The van der Waals surface area contributed by atoms with Gasteiger partial charge in [0.05, 0.1) is 6.54 Å².